The van der Waals surface area contributed by atoms with Gasteiger partial charge in [0.2, 0.25) is 5.96 Å². The van der Waals surface area contributed by atoms with E-state index in [9.17, 15) is 8.42 Å². The lowest BCUT2D eigenvalue weighted by molar-refractivity contribution is 0.591. The fourth-order valence-electron chi connectivity index (χ4n) is 2.41. The third-order valence-corrected chi connectivity index (χ3v) is 8.10. The maximum Gasteiger partial charge on any atom is 0.278 e. The van der Waals surface area contributed by atoms with E-state index in [1.165, 1.54) is 10.2 Å². The van der Waals surface area contributed by atoms with Crippen molar-refractivity contribution >= 4 is 71.5 Å². The molecule has 2 aromatic heterocycles. The maximum atomic E-state index is 13.2. The number of guanidine groups is 1. The molecule has 0 saturated heterocycles. The molecule has 0 unspecified atom stereocenters. The second kappa shape index (κ2) is 7.03. The summed E-state index contributed by atoms with van der Waals surface area (Å²) in [7, 11) is -3.86. The summed E-state index contributed by atoms with van der Waals surface area (Å²) in [6, 6.07) is 8.65. The monoisotopic (exact) mass is 473 g/mol. The molecule has 0 spiro atoms. The van der Waals surface area contributed by atoms with Crippen molar-refractivity contribution in [2.24, 2.45) is 21.7 Å². The number of hydrogen-bond acceptors (Lipinski definition) is 5. The molecule has 0 aliphatic carbocycles. The number of fused-ring (bicyclic) bond motifs is 1. The number of aromatic nitrogens is 1. The van der Waals surface area contributed by atoms with Gasteiger partial charge in [0.05, 0.1) is 20.0 Å². The number of halogens is 2. The van der Waals surface area contributed by atoms with Gasteiger partial charge in [-0.15, -0.1) is 16.4 Å². The summed E-state index contributed by atoms with van der Waals surface area (Å²) in [6.45, 7) is 1.70. The number of thiophene rings is 1. The Morgan fingerprint density at radius 3 is 2.58 bits per heavy atom. The Balaban J connectivity index is 2.27. The molecule has 136 valence electrons. The van der Waals surface area contributed by atoms with Crippen LogP contribution >= 0.6 is 38.9 Å². The van der Waals surface area contributed by atoms with E-state index >= 15 is 0 Å². The highest BCUT2D eigenvalue weighted by Crippen LogP contribution is 2.37. The summed E-state index contributed by atoms with van der Waals surface area (Å²) < 4.78 is 28.4. The molecule has 0 atom stereocenters. The molecule has 1 aromatic carbocycles. The standard InChI is InChI=1S/C15H13BrClN5O2S2/c1-8(20-21-15(18)19)10-7-22(12-5-3-2-4-9(10)12)26(23,24)14-11(16)6-13(17)25-14/h2-7H,1H3,(H4,18,19,21). The van der Waals surface area contributed by atoms with E-state index in [4.69, 9.17) is 23.1 Å². The van der Waals surface area contributed by atoms with Gasteiger partial charge in [0.25, 0.3) is 10.0 Å². The average Bonchev–Trinajstić information content (AvgIpc) is 3.13. The van der Waals surface area contributed by atoms with Crippen LogP contribution in [-0.4, -0.2) is 24.1 Å². The van der Waals surface area contributed by atoms with Crippen LogP contribution in [0.1, 0.15) is 12.5 Å². The lowest BCUT2D eigenvalue weighted by Crippen LogP contribution is -2.22. The number of nitrogens with two attached hydrogens (primary N) is 2. The number of para-hydroxylation sites is 1. The molecule has 0 radical (unpaired) electrons. The Labute approximate surface area is 167 Å². The van der Waals surface area contributed by atoms with Crippen LogP contribution in [0.25, 0.3) is 10.9 Å². The summed E-state index contributed by atoms with van der Waals surface area (Å²) in [5.41, 5.74) is 12.2. The van der Waals surface area contributed by atoms with Gasteiger partial charge in [-0.25, -0.2) is 3.97 Å². The molecule has 3 aromatic rings. The lowest BCUT2D eigenvalue weighted by atomic mass is 10.1. The predicted molar refractivity (Wildman–Crippen MR) is 110 cm³/mol. The van der Waals surface area contributed by atoms with E-state index in [2.05, 4.69) is 26.1 Å². The summed E-state index contributed by atoms with van der Waals surface area (Å²) in [4.78, 5) is 0. The molecule has 0 amide bonds. The number of nitrogens with zero attached hydrogens (tertiary/aromatic N) is 3. The van der Waals surface area contributed by atoms with E-state index < -0.39 is 10.0 Å². The Morgan fingerprint density at radius 2 is 1.96 bits per heavy atom. The first kappa shape index (κ1) is 18.9. The predicted octanol–water partition coefficient (Wildman–Crippen LogP) is 3.35. The Bertz CT molecular complexity index is 1160. The molecule has 0 bridgehead atoms. The minimum atomic E-state index is -3.86. The topological polar surface area (TPSA) is 116 Å². The molecule has 0 aliphatic heterocycles. The SMILES string of the molecule is CC(=NN=C(N)N)c1cn(S(=O)(=O)c2sc(Cl)cc2Br)c2ccccc12. The minimum absolute atomic E-state index is 0.119. The Kier molecular flexibility index (Phi) is 5.11. The van der Waals surface area contributed by atoms with E-state index in [1.54, 1.807) is 25.1 Å². The Hall–Kier alpha value is -1.88. The Morgan fingerprint density at radius 1 is 1.27 bits per heavy atom. The molecule has 7 nitrogen and oxygen atoms in total. The largest absolute Gasteiger partial charge is 0.369 e. The molecule has 3 rings (SSSR count). The van der Waals surface area contributed by atoms with E-state index in [0.29, 0.717) is 31.0 Å². The van der Waals surface area contributed by atoms with Crippen LogP contribution in [0.15, 0.2) is 55.4 Å². The first-order valence-corrected chi connectivity index (χ1v) is 10.6. The molecule has 11 heteroatoms. The second-order valence-electron chi connectivity index (χ2n) is 5.26. The fourth-order valence-corrected chi connectivity index (χ4v) is 6.85. The zero-order chi connectivity index (χ0) is 19.1. The van der Waals surface area contributed by atoms with Crippen molar-refractivity contribution in [3.05, 3.63) is 50.9 Å². The normalized spacial score (nSPS) is 12.5. The van der Waals surface area contributed by atoms with Crippen LogP contribution in [0.5, 0.6) is 0 Å². The van der Waals surface area contributed by atoms with Gasteiger partial charge in [-0.2, -0.15) is 13.5 Å². The molecule has 2 heterocycles. The van der Waals surface area contributed by atoms with Gasteiger partial charge in [0, 0.05) is 17.1 Å². The summed E-state index contributed by atoms with van der Waals surface area (Å²) in [6.07, 6.45) is 1.50. The zero-order valence-corrected chi connectivity index (χ0v) is 17.3. The van der Waals surface area contributed by atoms with Gasteiger partial charge in [0.1, 0.15) is 0 Å². The van der Waals surface area contributed by atoms with Gasteiger partial charge < -0.3 is 11.5 Å². The van der Waals surface area contributed by atoms with Crippen molar-refractivity contribution < 1.29 is 8.42 Å². The zero-order valence-electron chi connectivity index (χ0n) is 13.3. The summed E-state index contributed by atoms with van der Waals surface area (Å²) in [5.74, 6) is -0.183. The smallest absolute Gasteiger partial charge is 0.278 e. The van der Waals surface area contributed by atoms with Gasteiger partial charge in [0.15, 0.2) is 4.21 Å². The summed E-state index contributed by atoms with van der Waals surface area (Å²) >= 11 is 10.2. The minimum Gasteiger partial charge on any atom is -0.369 e. The van der Waals surface area contributed by atoms with Gasteiger partial charge in [-0.3, -0.25) is 0 Å². The molecular weight excluding hydrogens is 462 g/mol. The first-order chi connectivity index (χ1) is 12.2. The van der Waals surface area contributed by atoms with E-state index in [0.717, 1.165) is 11.3 Å². The van der Waals surface area contributed by atoms with Crippen molar-refractivity contribution in [2.45, 2.75) is 11.1 Å². The van der Waals surface area contributed by atoms with Gasteiger partial charge in [-0.05, 0) is 35.0 Å². The highest BCUT2D eigenvalue weighted by molar-refractivity contribution is 9.10. The fraction of sp³-hybridized carbons (Fsp3) is 0.0667. The van der Waals surface area contributed by atoms with Crippen molar-refractivity contribution in [1.82, 2.24) is 3.97 Å². The van der Waals surface area contributed by atoms with Crippen LogP contribution in [-0.2, 0) is 10.0 Å². The number of benzene rings is 1. The third-order valence-electron chi connectivity index (χ3n) is 3.50. The third kappa shape index (κ3) is 3.37. The number of hydrogen-bond donors (Lipinski definition) is 2. The van der Waals surface area contributed by atoms with Crippen molar-refractivity contribution in [3.8, 4) is 0 Å². The van der Waals surface area contributed by atoms with E-state index in [-0.39, 0.29) is 10.2 Å². The van der Waals surface area contributed by atoms with Crippen LogP contribution in [0.4, 0.5) is 0 Å². The molecule has 0 saturated carbocycles. The van der Waals surface area contributed by atoms with E-state index in [1.807, 2.05) is 12.1 Å². The van der Waals surface area contributed by atoms with Crippen LogP contribution in [0, 0.1) is 0 Å². The molecule has 0 aliphatic rings. The molecule has 0 fully saturated rings. The van der Waals surface area contributed by atoms with Crippen molar-refractivity contribution in [2.75, 3.05) is 0 Å². The highest BCUT2D eigenvalue weighted by Gasteiger charge is 2.26. The van der Waals surface area contributed by atoms with Crippen LogP contribution in [0.2, 0.25) is 4.34 Å². The average molecular weight is 475 g/mol. The first-order valence-electron chi connectivity index (χ1n) is 7.16. The quantitative estimate of drug-likeness (QED) is 0.342. The van der Waals surface area contributed by atoms with Gasteiger partial charge >= 0.3 is 0 Å². The van der Waals surface area contributed by atoms with Crippen molar-refractivity contribution in [1.29, 1.82) is 0 Å². The van der Waals surface area contributed by atoms with Crippen molar-refractivity contribution in [3.63, 3.8) is 0 Å². The van der Waals surface area contributed by atoms with Gasteiger partial charge in [-0.1, -0.05) is 29.8 Å². The second-order valence-corrected chi connectivity index (χ2v) is 9.81. The van der Waals surface area contributed by atoms with Crippen LogP contribution in [0.3, 0.4) is 0 Å². The molecular formula is C15H13BrClN5O2S2. The highest BCUT2D eigenvalue weighted by atomic mass is 79.9. The van der Waals surface area contributed by atoms with Crippen LogP contribution < -0.4 is 11.5 Å². The molecule has 4 N–H and O–H groups in total. The lowest BCUT2D eigenvalue weighted by Gasteiger charge is -2.05. The molecule has 26 heavy (non-hydrogen) atoms. The summed E-state index contributed by atoms with van der Waals surface area (Å²) in [5, 5.41) is 8.30. The maximum absolute atomic E-state index is 13.2. The number of rotatable bonds is 4.